The number of hydrogen-bond acceptors (Lipinski definition) is 6. The number of piperazine rings is 1. The number of nitrogens with zero attached hydrogens (tertiary/aromatic N) is 2. The van der Waals surface area contributed by atoms with Gasteiger partial charge in [-0.25, -0.2) is 0 Å². The van der Waals surface area contributed by atoms with Gasteiger partial charge >= 0.3 is 0 Å². The molecular weight excluding hydrogens is 304 g/mol. The van der Waals surface area contributed by atoms with Crippen molar-refractivity contribution in [2.75, 3.05) is 56.7 Å². The molecule has 3 N–H and O–H groups in total. The first-order chi connectivity index (χ1) is 10.1. The molecule has 1 aromatic heterocycles. The van der Waals surface area contributed by atoms with Crippen LogP contribution in [0.25, 0.3) is 0 Å². The fourth-order valence-electron chi connectivity index (χ4n) is 2.59. The van der Waals surface area contributed by atoms with Crippen LogP contribution in [-0.4, -0.2) is 56.8 Å². The largest absolute Gasteiger partial charge is 0.396 e. The topological polar surface area (TPSA) is 61.6 Å². The van der Waals surface area contributed by atoms with E-state index in [2.05, 4.69) is 22.0 Å². The average Bonchev–Trinajstić information content (AvgIpc) is 2.84. The van der Waals surface area contributed by atoms with Gasteiger partial charge < -0.3 is 16.0 Å². The minimum atomic E-state index is -0.0938. The number of amides is 1. The van der Waals surface area contributed by atoms with Gasteiger partial charge in [0.15, 0.2) is 0 Å². The summed E-state index contributed by atoms with van der Waals surface area (Å²) in [5, 5.41) is 3.82. The number of rotatable bonds is 5. The number of nitrogens with two attached hydrogens (primary N) is 1. The first-order valence-electron chi connectivity index (χ1n) is 7.28. The summed E-state index contributed by atoms with van der Waals surface area (Å²) >= 11 is 3.14. The van der Waals surface area contributed by atoms with Gasteiger partial charge in [-0.3, -0.25) is 9.69 Å². The maximum absolute atomic E-state index is 11.9. The van der Waals surface area contributed by atoms with Crippen molar-refractivity contribution in [1.82, 2.24) is 10.2 Å². The highest BCUT2D eigenvalue weighted by Gasteiger charge is 2.25. The molecule has 1 aliphatic heterocycles. The van der Waals surface area contributed by atoms with Crippen LogP contribution in [0.15, 0.2) is 4.90 Å². The Morgan fingerprint density at radius 3 is 2.57 bits per heavy atom. The molecular formula is C14H24N4OS2. The van der Waals surface area contributed by atoms with Gasteiger partial charge in [0.05, 0.1) is 10.6 Å². The Kier molecular flexibility index (Phi) is 5.78. The van der Waals surface area contributed by atoms with Crippen LogP contribution in [0.2, 0.25) is 0 Å². The highest BCUT2D eigenvalue weighted by Crippen LogP contribution is 2.44. The maximum Gasteiger partial charge on any atom is 0.263 e. The third kappa shape index (κ3) is 3.46. The van der Waals surface area contributed by atoms with Crippen LogP contribution in [0, 0.1) is 0 Å². The molecule has 0 unspecified atom stereocenters. The molecule has 1 aliphatic rings. The van der Waals surface area contributed by atoms with Crippen molar-refractivity contribution in [1.29, 1.82) is 0 Å². The van der Waals surface area contributed by atoms with Gasteiger partial charge in [0.2, 0.25) is 0 Å². The van der Waals surface area contributed by atoms with Crippen LogP contribution in [0.4, 0.5) is 10.7 Å². The summed E-state index contributed by atoms with van der Waals surface area (Å²) in [6.07, 6.45) is 3.21. The molecule has 0 bridgehead atoms. The fraction of sp³-hybridized carbons (Fsp3) is 0.643. The molecule has 7 heteroatoms. The van der Waals surface area contributed by atoms with Gasteiger partial charge in [-0.05, 0) is 19.2 Å². The predicted octanol–water partition coefficient (Wildman–Crippen LogP) is 1.94. The van der Waals surface area contributed by atoms with Crippen molar-refractivity contribution in [2.45, 2.75) is 18.2 Å². The average molecular weight is 329 g/mol. The van der Waals surface area contributed by atoms with Crippen molar-refractivity contribution in [3.05, 3.63) is 4.88 Å². The van der Waals surface area contributed by atoms with Gasteiger partial charge in [-0.15, -0.1) is 23.1 Å². The zero-order valence-electron chi connectivity index (χ0n) is 12.9. The summed E-state index contributed by atoms with van der Waals surface area (Å²) in [6.45, 7) is 7.54. The van der Waals surface area contributed by atoms with Crippen LogP contribution < -0.4 is 16.0 Å². The predicted molar refractivity (Wildman–Crippen MR) is 92.8 cm³/mol. The molecule has 118 valence electrons. The number of carbonyl (C=O) groups is 1. The van der Waals surface area contributed by atoms with E-state index in [0.29, 0.717) is 10.6 Å². The van der Waals surface area contributed by atoms with E-state index in [1.807, 2.05) is 6.26 Å². The molecule has 0 aliphatic carbocycles. The smallest absolute Gasteiger partial charge is 0.263 e. The van der Waals surface area contributed by atoms with Gasteiger partial charge in [0.1, 0.15) is 9.88 Å². The van der Waals surface area contributed by atoms with Crippen molar-refractivity contribution in [3.8, 4) is 0 Å². The second kappa shape index (κ2) is 7.38. The molecule has 2 heterocycles. The van der Waals surface area contributed by atoms with E-state index >= 15 is 0 Å². The lowest BCUT2D eigenvalue weighted by molar-refractivity contribution is 0.0968. The van der Waals surface area contributed by atoms with E-state index in [1.165, 1.54) is 24.3 Å². The Hall–Kier alpha value is -0.920. The Bertz CT molecular complexity index is 495. The van der Waals surface area contributed by atoms with Crippen LogP contribution in [0.5, 0.6) is 0 Å². The van der Waals surface area contributed by atoms with Crippen molar-refractivity contribution >= 4 is 39.7 Å². The summed E-state index contributed by atoms with van der Waals surface area (Å²) in [6, 6.07) is 0. The molecule has 1 aromatic rings. The molecule has 0 spiro atoms. The fourth-order valence-corrected chi connectivity index (χ4v) is 4.77. The third-order valence-corrected chi connectivity index (χ3v) is 5.93. The lowest BCUT2D eigenvalue weighted by Crippen LogP contribution is -2.46. The van der Waals surface area contributed by atoms with Gasteiger partial charge in [0.25, 0.3) is 5.91 Å². The first kappa shape index (κ1) is 16.5. The Balaban J connectivity index is 2.18. The molecule has 0 radical (unpaired) electrons. The molecule has 1 fully saturated rings. The van der Waals surface area contributed by atoms with Crippen molar-refractivity contribution < 1.29 is 4.79 Å². The van der Waals surface area contributed by atoms with E-state index in [0.717, 1.165) is 36.1 Å². The Morgan fingerprint density at radius 2 is 2.05 bits per heavy atom. The standard InChI is InChI=1S/C14H24N4OS2/c1-4-5-17-6-8-18(9-7-17)14-12(20-3)10(15)11(21-14)13(19)16-2/h4-9,15H2,1-3H3,(H,16,19). The lowest BCUT2D eigenvalue weighted by atomic mass is 10.3. The second-order valence-corrected chi connectivity index (χ2v) is 6.91. The molecule has 0 atom stereocenters. The Morgan fingerprint density at radius 1 is 1.38 bits per heavy atom. The van der Waals surface area contributed by atoms with Gasteiger partial charge in [-0.1, -0.05) is 6.92 Å². The monoisotopic (exact) mass is 328 g/mol. The van der Waals surface area contributed by atoms with Gasteiger partial charge in [0, 0.05) is 33.2 Å². The van der Waals surface area contributed by atoms with E-state index in [-0.39, 0.29) is 5.91 Å². The second-order valence-electron chi connectivity index (χ2n) is 5.09. The van der Waals surface area contributed by atoms with E-state index in [9.17, 15) is 4.79 Å². The van der Waals surface area contributed by atoms with Crippen LogP contribution in [0.3, 0.4) is 0 Å². The zero-order valence-corrected chi connectivity index (χ0v) is 14.6. The number of nitrogens with one attached hydrogen (secondary N) is 1. The van der Waals surface area contributed by atoms with Crippen molar-refractivity contribution in [2.24, 2.45) is 0 Å². The summed E-state index contributed by atoms with van der Waals surface area (Å²) in [7, 11) is 1.64. The maximum atomic E-state index is 11.9. The summed E-state index contributed by atoms with van der Waals surface area (Å²) in [5.41, 5.74) is 6.79. The minimum absolute atomic E-state index is 0.0938. The quantitative estimate of drug-likeness (QED) is 0.809. The molecule has 0 saturated carbocycles. The molecule has 1 amide bonds. The van der Waals surface area contributed by atoms with E-state index in [4.69, 9.17) is 5.73 Å². The van der Waals surface area contributed by atoms with E-state index in [1.54, 1.807) is 18.8 Å². The highest BCUT2D eigenvalue weighted by atomic mass is 32.2. The molecule has 1 saturated heterocycles. The first-order valence-corrected chi connectivity index (χ1v) is 9.32. The van der Waals surface area contributed by atoms with Crippen LogP contribution in [0.1, 0.15) is 23.0 Å². The number of thiophene rings is 1. The van der Waals surface area contributed by atoms with Crippen LogP contribution >= 0.6 is 23.1 Å². The van der Waals surface area contributed by atoms with E-state index < -0.39 is 0 Å². The van der Waals surface area contributed by atoms with Crippen molar-refractivity contribution in [3.63, 3.8) is 0 Å². The highest BCUT2D eigenvalue weighted by molar-refractivity contribution is 7.99. The minimum Gasteiger partial charge on any atom is -0.396 e. The Labute approximate surface area is 134 Å². The number of thioether (sulfide) groups is 1. The molecule has 21 heavy (non-hydrogen) atoms. The number of carbonyl (C=O) groups excluding carboxylic acids is 1. The summed E-state index contributed by atoms with van der Waals surface area (Å²) in [5.74, 6) is -0.0938. The number of nitrogen functional groups attached to an aromatic ring is 1. The normalized spacial score (nSPS) is 16.2. The molecule has 0 aromatic carbocycles. The third-order valence-electron chi connectivity index (χ3n) is 3.72. The lowest BCUT2D eigenvalue weighted by Gasteiger charge is -2.35. The molecule has 5 nitrogen and oxygen atoms in total. The van der Waals surface area contributed by atoms with Crippen LogP contribution in [-0.2, 0) is 0 Å². The summed E-state index contributed by atoms with van der Waals surface area (Å²) < 4.78 is 0. The van der Waals surface area contributed by atoms with Gasteiger partial charge in [-0.2, -0.15) is 0 Å². The zero-order chi connectivity index (χ0) is 15.4. The SMILES string of the molecule is CCCN1CCN(c2sc(C(=O)NC)c(N)c2SC)CC1. The summed E-state index contributed by atoms with van der Waals surface area (Å²) in [4.78, 5) is 18.5. The number of hydrogen-bond donors (Lipinski definition) is 2. The number of anilines is 2. The molecule has 2 rings (SSSR count).